The summed E-state index contributed by atoms with van der Waals surface area (Å²) in [5, 5.41) is 1.23. The highest BCUT2D eigenvalue weighted by Crippen LogP contribution is 2.16. The Bertz CT molecular complexity index is 496. The predicted octanol–water partition coefficient (Wildman–Crippen LogP) is 1.36. The van der Waals surface area contributed by atoms with Gasteiger partial charge in [-0.1, -0.05) is 36.4 Å². The van der Waals surface area contributed by atoms with E-state index in [0.29, 0.717) is 13.2 Å². The van der Waals surface area contributed by atoms with Crippen LogP contribution >= 0.6 is 0 Å². The Hall–Kier alpha value is -1.17. The number of ether oxygens (including phenoxy) is 1. The number of likely N-dealkylation sites (N-methyl/N-ethyl adjacent to an activating group) is 1. The summed E-state index contributed by atoms with van der Waals surface area (Å²) in [7, 11) is -1.64. The first-order valence-electron chi connectivity index (χ1n) is 5.37. The first-order chi connectivity index (χ1) is 8.09. The van der Waals surface area contributed by atoms with Gasteiger partial charge in [-0.25, -0.2) is 8.42 Å². The average molecular weight is 253 g/mol. The van der Waals surface area contributed by atoms with Crippen LogP contribution in [0.25, 0.3) is 0 Å². The fourth-order valence-corrected chi connectivity index (χ4v) is 2.71. The second-order valence-corrected chi connectivity index (χ2v) is 5.84. The largest absolute Gasteiger partial charge is 0.375 e. The molecule has 0 saturated heterocycles. The summed E-state index contributed by atoms with van der Waals surface area (Å²) in [5.41, 5.74) is 1.08. The maximum absolute atomic E-state index is 11.4. The average Bonchev–Trinajstić information content (AvgIpc) is 2.57. The number of sulfonamides is 1. The lowest BCUT2D eigenvalue weighted by molar-refractivity contribution is 0.0969. The van der Waals surface area contributed by atoms with Crippen molar-refractivity contribution in [1.82, 2.24) is 4.31 Å². The van der Waals surface area contributed by atoms with Crippen molar-refractivity contribution in [3.05, 3.63) is 47.4 Å². The van der Waals surface area contributed by atoms with Crippen LogP contribution in [0, 0.1) is 0 Å². The molecule has 2 rings (SSSR count). The van der Waals surface area contributed by atoms with Crippen LogP contribution in [0.5, 0.6) is 0 Å². The third-order valence-corrected chi connectivity index (χ3v) is 4.32. The lowest BCUT2D eigenvalue weighted by atomic mass is 10.2. The molecule has 92 valence electrons. The van der Waals surface area contributed by atoms with Gasteiger partial charge in [0.2, 0.25) is 10.0 Å². The van der Waals surface area contributed by atoms with Crippen LogP contribution in [0.2, 0.25) is 0 Å². The summed E-state index contributed by atoms with van der Waals surface area (Å²) in [4.78, 5) is 0. The molecule has 1 aliphatic rings. The summed E-state index contributed by atoms with van der Waals surface area (Å²) >= 11 is 0. The molecule has 0 fully saturated rings. The Kier molecular flexibility index (Phi) is 3.61. The predicted molar refractivity (Wildman–Crippen MR) is 65.7 cm³/mol. The van der Waals surface area contributed by atoms with E-state index in [1.807, 2.05) is 30.3 Å². The van der Waals surface area contributed by atoms with Gasteiger partial charge in [-0.15, -0.1) is 0 Å². The van der Waals surface area contributed by atoms with Gasteiger partial charge in [0.1, 0.15) is 0 Å². The van der Waals surface area contributed by atoms with Crippen LogP contribution in [0.4, 0.5) is 0 Å². The Morgan fingerprint density at radius 3 is 2.59 bits per heavy atom. The van der Waals surface area contributed by atoms with Crippen molar-refractivity contribution in [3.63, 3.8) is 0 Å². The number of nitrogens with zero attached hydrogens (tertiary/aromatic N) is 1. The third-order valence-electron chi connectivity index (χ3n) is 2.74. The van der Waals surface area contributed by atoms with Gasteiger partial charge < -0.3 is 4.74 Å². The van der Waals surface area contributed by atoms with E-state index in [4.69, 9.17) is 4.74 Å². The van der Waals surface area contributed by atoms with Crippen LogP contribution in [0.3, 0.4) is 0 Å². The summed E-state index contributed by atoms with van der Waals surface area (Å²) in [5.74, 6) is 0. The third kappa shape index (κ3) is 2.94. The molecule has 1 atom stereocenters. The molecule has 5 heteroatoms. The SMILES string of the molecule is CN1[C@@H](COCc2ccccc2)C=CS1(=O)=O. The molecule has 17 heavy (non-hydrogen) atoms. The van der Waals surface area contributed by atoms with Crippen molar-refractivity contribution in [2.45, 2.75) is 12.6 Å². The van der Waals surface area contributed by atoms with Crippen LogP contribution < -0.4 is 0 Å². The Morgan fingerprint density at radius 2 is 2.00 bits per heavy atom. The highest BCUT2D eigenvalue weighted by Gasteiger charge is 2.28. The zero-order valence-electron chi connectivity index (χ0n) is 9.61. The lowest BCUT2D eigenvalue weighted by Crippen LogP contribution is -2.33. The van der Waals surface area contributed by atoms with Crippen LogP contribution in [-0.2, 0) is 21.4 Å². The fourth-order valence-electron chi connectivity index (χ4n) is 1.63. The molecule has 0 spiro atoms. The molecule has 0 radical (unpaired) electrons. The van der Waals surface area contributed by atoms with E-state index in [2.05, 4.69) is 0 Å². The molecule has 0 bridgehead atoms. The topological polar surface area (TPSA) is 46.6 Å². The molecule has 1 heterocycles. The minimum atomic E-state index is -3.20. The second kappa shape index (κ2) is 5.00. The van der Waals surface area contributed by atoms with Crippen molar-refractivity contribution in [2.75, 3.05) is 13.7 Å². The van der Waals surface area contributed by atoms with Gasteiger partial charge in [0.15, 0.2) is 0 Å². The molecule has 0 unspecified atom stereocenters. The van der Waals surface area contributed by atoms with Gasteiger partial charge in [-0.3, -0.25) is 0 Å². The van der Waals surface area contributed by atoms with Crippen LogP contribution in [0.15, 0.2) is 41.8 Å². The summed E-state index contributed by atoms with van der Waals surface area (Å²) in [6.07, 6.45) is 1.65. The standard InChI is InChI=1S/C12H15NO3S/c1-13-12(7-8-17(13,14)15)10-16-9-11-5-3-2-4-6-11/h2-8,12H,9-10H2,1H3/t12-/m1/s1. The molecule has 1 aromatic rings. The molecular formula is C12H15NO3S. The fraction of sp³-hybridized carbons (Fsp3) is 0.333. The van der Waals surface area contributed by atoms with Crippen molar-refractivity contribution >= 4 is 10.0 Å². The smallest absolute Gasteiger partial charge is 0.236 e. The van der Waals surface area contributed by atoms with Crippen LogP contribution in [-0.4, -0.2) is 32.4 Å². The number of hydrogen-bond acceptors (Lipinski definition) is 3. The van der Waals surface area contributed by atoms with E-state index < -0.39 is 10.0 Å². The van der Waals surface area contributed by atoms with Crippen LogP contribution in [0.1, 0.15) is 5.56 Å². The normalized spacial score (nSPS) is 23.0. The van der Waals surface area contributed by atoms with Gasteiger partial charge in [0.25, 0.3) is 0 Å². The van der Waals surface area contributed by atoms with Crippen molar-refractivity contribution in [2.24, 2.45) is 0 Å². The van der Waals surface area contributed by atoms with Gasteiger partial charge in [-0.05, 0) is 5.56 Å². The molecule has 1 aliphatic heterocycles. The first-order valence-corrected chi connectivity index (χ1v) is 6.88. The van der Waals surface area contributed by atoms with Gasteiger partial charge in [0.05, 0.1) is 19.3 Å². The van der Waals surface area contributed by atoms with E-state index in [9.17, 15) is 8.42 Å². The van der Waals surface area contributed by atoms with E-state index >= 15 is 0 Å². The summed E-state index contributed by atoms with van der Waals surface area (Å²) in [6, 6.07) is 9.61. The number of benzene rings is 1. The minimum absolute atomic E-state index is 0.191. The molecule has 0 amide bonds. The van der Waals surface area contributed by atoms with E-state index in [1.54, 1.807) is 13.1 Å². The first kappa shape index (κ1) is 12.3. The zero-order valence-corrected chi connectivity index (χ0v) is 10.4. The number of hydrogen-bond donors (Lipinski definition) is 0. The van der Waals surface area contributed by atoms with Crippen molar-refractivity contribution in [1.29, 1.82) is 0 Å². The quantitative estimate of drug-likeness (QED) is 0.814. The Morgan fingerprint density at radius 1 is 1.29 bits per heavy atom. The molecular weight excluding hydrogens is 238 g/mol. The maximum atomic E-state index is 11.4. The summed E-state index contributed by atoms with van der Waals surface area (Å²) in [6.45, 7) is 0.875. The van der Waals surface area contributed by atoms with E-state index in [1.165, 1.54) is 9.71 Å². The second-order valence-electron chi connectivity index (χ2n) is 3.96. The molecule has 0 N–H and O–H groups in total. The molecule has 4 nitrogen and oxygen atoms in total. The van der Waals surface area contributed by atoms with Gasteiger partial charge in [0, 0.05) is 12.5 Å². The van der Waals surface area contributed by atoms with Crippen molar-refractivity contribution < 1.29 is 13.2 Å². The lowest BCUT2D eigenvalue weighted by Gasteiger charge is -2.17. The highest BCUT2D eigenvalue weighted by molar-refractivity contribution is 7.92. The van der Waals surface area contributed by atoms with Gasteiger partial charge >= 0.3 is 0 Å². The van der Waals surface area contributed by atoms with E-state index in [0.717, 1.165) is 5.56 Å². The number of rotatable bonds is 4. The maximum Gasteiger partial charge on any atom is 0.236 e. The van der Waals surface area contributed by atoms with Gasteiger partial charge in [-0.2, -0.15) is 4.31 Å². The minimum Gasteiger partial charge on any atom is -0.375 e. The Labute approximate surface area is 102 Å². The van der Waals surface area contributed by atoms with Crippen molar-refractivity contribution in [3.8, 4) is 0 Å². The summed E-state index contributed by atoms with van der Waals surface area (Å²) < 4.78 is 29.6. The molecule has 0 aliphatic carbocycles. The zero-order chi connectivity index (χ0) is 12.3. The van der Waals surface area contributed by atoms with E-state index in [-0.39, 0.29) is 6.04 Å². The molecule has 0 aromatic heterocycles. The molecule has 0 saturated carbocycles. The highest BCUT2D eigenvalue weighted by atomic mass is 32.2. The molecule has 1 aromatic carbocycles. The monoisotopic (exact) mass is 253 g/mol. The Balaban J connectivity index is 1.83.